The highest BCUT2D eigenvalue weighted by Crippen LogP contribution is 2.34. The lowest BCUT2D eigenvalue weighted by Crippen LogP contribution is -2.02. The summed E-state index contributed by atoms with van der Waals surface area (Å²) >= 11 is 6.19. The first-order valence-electron chi connectivity index (χ1n) is 9.72. The molecule has 1 heterocycles. The molecule has 142 valence electrons. The van der Waals surface area contributed by atoms with Crippen LogP contribution in [-0.4, -0.2) is 11.2 Å². The molecule has 3 nitrogen and oxygen atoms in total. The Morgan fingerprint density at radius 1 is 1.48 bits per heavy atom. The van der Waals surface area contributed by atoms with Gasteiger partial charge in [0.1, 0.15) is 11.5 Å². The zero-order valence-corrected chi connectivity index (χ0v) is 16.9. The van der Waals surface area contributed by atoms with Gasteiger partial charge in [0.25, 0.3) is 0 Å². The standard InChI is InChI=1S/C23H27ClN2O/c1-4-8-20(25-15-16(3)5-2)23-26-21-14-18(10-7-12-22(21)27-23)17-9-6-11-19(24)13-17/h4,6,8-9,11,13,15-16,18H,1,5,7,10,12,14H2,2-3H3/b20-8-,25-15?. The van der Waals surface area contributed by atoms with Crippen molar-refractivity contribution in [2.24, 2.45) is 10.9 Å². The number of halogens is 1. The molecule has 0 N–H and O–H groups in total. The van der Waals surface area contributed by atoms with Gasteiger partial charge >= 0.3 is 0 Å². The average Bonchev–Trinajstić information content (AvgIpc) is 2.96. The summed E-state index contributed by atoms with van der Waals surface area (Å²) in [7, 11) is 0. The van der Waals surface area contributed by atoms with Crippen molar-refractivity contribution in [3.63, 3.8) is 0 Å². The van der Waals surface area contributed by atoms with E-state index in [1.165, 1.54) is 5.56 Å². The molecule has 2 unspecified atom stereocenters. The molecule has 2 atom stereocenters. The SMILES string of the molecule is C=C/C=C(\N=CC(C)CC)c1nc2c(o1)CCCC(c1cccc(Cl)c1)C2. The van der Waals surface area contributed by atoms with Crippen LogP contribution in [0.5, 0.6) is 0 Å². The predicted octanol–water partition coefficient (Wildman–Crippen LogP) is 6.63. The lowest BCUT2D eigenvalue weighted by molar-refractivity contribution is 0.481. The highest BCUT2D eigenvalue weighted by Gasteiger charge is 2.24. The van der Waals surface area contributed by atoms with Crippen LogP contribution in [0.1, 0.15) is 61.9 Å². The van der Waals surface area contributed by atoms with E-state index in [1.54, 1.807) is 6.08 Å². The van der Waals surface area contributed by atoms with Crippen LogP contribution in [0.4, 0.5) is 0 Å². The van der Waals surface area contributed by atoms with Gasteiger partial charge in [-0.1, -0.05) is 50.2 Å². The zero-order chi connectivity index (χ0) is 19.2. The summed E-state index contributed by atoms with van der Waals surface area (Å²) in [5.41, 5.74) is 3.05. The van der Waals surface area contributed by atoms with Gasteiger partial charge in [0.05, 0.1) is 5.69 Å². The summed E-state index contributed by atoms with van der Waals surface area (Å²) in [6.45, 7) is 8.10. The lowest BCUT2D eigenvalue weighted by Gasteiger charge is -2.14. The van der Waals surface area contributed by atoms with E-state index in [0.717, 1.165) is 54.3 Å². The molecule has 2 aromatic rings. The van der Waals surface area contributed by atoms with Crippen LogP contribution in [0.2, 0.25) is 5.02 Å². The molecule has 0 fully saturated rings. The number of rotatable bonds is 6. The molecule has 0 radical (unpaired) electrons. The average molecular weight is 383 g/mol. The van der Waals surface area contributed by atoms with Gasteiger partial charge in [0.2, 0.25) is 5.89 Å². The molecule has 0 amide bonds. The Balaban J connectivity index is 1.86. The third-order valence-electron chi connectivity index (χ3n) is 5.10. The molecule has 27 heavy (non-hydrogen) atoms. The van der Waals surface area contributed by atoms with Crippen LogP contribution in [0, 0.1) is 5.92 Å². The molecule has 0 saturated carbocycles. The minimum Gasteiger partial charge on any atom is -0.440 e. The number of hydrogen-bond acceptors (Lipinski definition) is 3. The van der Waals surface area contributed by atoms with Crippen LogP contribution < -0.4 is 0 Å². The van der Waals surface area contributed by atoms with Crippen LogP contribution in [0.25, 0.3) is 5.70 Å². The second kappa shape index (κ2) is 9.18. The first-order chi connectivity index (χ1) is 13.1. The largest absolute Gasteiger partial charge is 0.440 e. The first-order valence-corrected chi connectivity index (χ1v) is 10.1. The Kier molecular flexibility index (Phi) is 6.68. The van der Waals surface area contributed by atoms with Crippen molar-refractivity contribution < 1.29 is 4.42 Å². The second-order valence-corrected chi connectivity index (χ2v) is 7.62. The van der Waals surface area contributed by atoms with E-state index in [-0.39, 0.29) is 0 Å². The summed E-state index contributed by atoms with van der Waals surface area (Å²) in [5.74, 6) is 2.41. The lowest BCUT2D eigenvalue weighted by atomic mass is 9.92. The van der Waals surface area contributed by atoms with Gasteiger partial charge < -0.3 is 4.42 Å². The fraction of sp³-hybridized carbons (Fsp3) is 0.391. The number of nitrogens with zero attached hydrogens (tertiary/aromatic N) is 2. The van der Waals surface area contributed by atoms with Gasteiger partial charge in [-0.3, -0.25) is 4.99 Å². The number of aryl methyl sites for hydroxylation is 1. The Morgan fingerprint density at radius 2 is 2.33 bits per heavy atom. The summed E-state index contributed by atoms with van der Waals surface area (Å²) in [6.07, 6.45) is 10.6. The molecule has 0 bridgehead atoms. The van der Waals surface area contributed by atoms with Crippen molar-refractivity contribution in [2.45, 2.75) is 51.9 Å². The molecule has 1 aromatic heterocycles. The maximum Gasteiger partial charge on any atom is 0.245 e. The van der Waals surface area contributed by atoms with E-state index in [0.29, 0.717) is 17.7 Å². The maximum absolute atomic E-state index is 6.19. The van der Waals surface area contributed by atoms with Gasteiger partial charge in [-0.25, -0.2) is 4.98 Å². The fourth-order valence-electron chi connectivity index (χ4n) is 3.33. The number of allylic oxidation sites excluding steroid dienone is 2. The molecule has 0 saturated heterocycles. The maximum atomic E-state index is 6.19. The number of benzene rings is 1. The Bertz CT molecular complexity index is 850. The van der Waals surface area contributed by atoms with Crippen molar-refractivity contribution in [1.29, 1.82) is 0 Å². The van der Waals surface area contributed by atoms with Gasteiger partial charge in [0.15, 0.2) is 0 Å². The van der Waals surface area contributed by atoms with Crippen molar-refractivity contribution in [3.8, 4) is 0 Å². The Labute approximate surface area is 166 Å². The number of oxazole rings is 1. The molecule has 0 aliphatic heterocycles. The van der Waals surface area contributed by atoms with E-state index in [4.69, 9.17) is 21.0 Å². The third kappa shape index (κ3) is 4.98. The van der Waals surface area contributed by atoms with E-state index < -0.39 is 0 Å². The highest BCUT2D eigenvalue weighted by atomic mass is 35.5. The third-order valence-corrected chi connectivity index (χ3v) is 5.34. The van der Waals surface area contributed by atoms with E-state index in [1.807, 2.05) is 24.4 Å². The topological polar surface area (TPSA) is 38.4 Å². The number of aliphatic imine (C=N–C) groups is 1. The first kappa shape index (κ1) is 19.6. The molecule has 1 aliphatic rings. The van der Waals surface area contributed by atoms with Crippen LogP contribution in [0.15, 0.2) is 52.4 Å². The van der Waals surface area contributed by atoms with Gasteiger partial charge in [-0.05, 0) is 54.9 Å². The minimum absolute atomic E-state index is 0.415. The molecule has 1 aromatic carbocycles. The molecule has 4 heteroatoms. The highest BCUT2D eigenvalue weighted by molar-refractivity contribution is 6.30. The van der Waals surface area contributed by atoms with Gasteiger partial charge in [0, 0.05) is 24.1 Å². The van der Waals surface area contributed by atoms with Crippen LogP contribution in [-0.2, 0) is 12.8 Å². The number of hydrogen-bond donors (Lipinski definition) is 0. The van der Waals surface area contributed by atoms with E-state index in [9.17, 15) is 0 Å². The molecule has 0 spiro atoms. The minimum atomic E-state index is 0.415. The van der Waals surface area contributed by atoms with Crippen LogP contribution in [0.3, 0.4) is 0 Å². The molecule has 3 rings (SSSR count). The Hall–Kier alpha value is -2.13. The second-order valence-electron chi connectivity index (χ2n) is 7.19. The summed E-state index contributed by atoms with van der Waals surface area (Å²) in [6, 6.07) is 8.16. The number of aromatic nitrogens is 1. The van der Waals surface area contributed by atoms with Crippen molar-refractivity contribution in [2.75, 3.05) is 0 Å². The molecule has 1 aliphatic carbocycles. The normalized spacial score (nSPS) is 18.9. The fourth-order valence-corrected chi connectivity index (χ4v) is 3.53. The Morgan fingerprint density at radius 3 is 3.07 bits per heavy atom. The monoisotopic (exact) mass is 382 g/mol. The van der Waals surface area contributed by atoms with Gasteiger partial charge in [-0.2, -0.15) is 0 Å². The molecular weight excluding hydrogens is 356 g/mol. The smallest absolute Gasteiger partial charge is 0.245 e. The quantitative estimate of drug-likeness (QED) is 0.319. The predicted molar refractivity (Wildman–Crippen MR) is 113 cm³/mol. The van der Waals surface area contributed by atoms with Crippen molar-refractivity contribution >= 4 is 23.5 Å². The van der Waals surface area contributed by atoms with Gasteiger partial charge in [-0.15, -0.1) is 0 Å². The van der Waals surface area contributed by atoms with E-state index >= 15 is 0 Å². The molecular formula is C23H27ClN2O. The van der Waals surface area contributed by atoms with Crippen LogP contribution >= 0.6 is 11.6 Å². The number of fused-ring (bicyclic) bond motifs is 1. The van der Waals surface area contributed by atoms with Crippen molar-refractivity contribution in [3.05, 3.63) is 70.9 Å². The summed E-state index contributed by atoms with van der Waals surface area (Å²) in [5, 5.41) is 0.786. The zero-order valence-electron chi connectivity index (χ0n) is 16.1. The summed E-state index contributed by atoms with van der Waals surface area (Å²) in [4.78, 5) is 9.40. The van der Waals surface area contributed by atoms with E-state index in [2.05, 4.69) is 37.6 Å². The summed E-state index contributed by atoms with van der Waals surface area (Å²) < 4.78 is 6.11. The van der Waals surface area contributed by atoms with Crippen molar-refractivity contribution in [1.82, 2.24) is 4.98 Å².